The lowest BCUT2D eigenvalue weighted by atomic mass is 10.1. The molecule has 0 radical (unpaired) electrons. The molecule has 0 aliphatic carbocycles. The Bertz CT molecular complexity index is 1240. The second-order valence-corrected chi connectivity index (χ2v) is 13.1. The average Bonchev–Trinajstić information content (AvgIpc) is 3.25. The van der Waals surface area contributed by atoms with Gasteiger partial charge in [0.1, 0.15) is 5.60 Å². The molecule has 0 saturated carbocycles. The molecule has 2 fully saturated rings. The quantitative estimate of drug-likeness (QED) is 0.604. The summed E-state index contributed by atoms with van der Waals surface area (Å²) in [6.07, 6.45) is 2.33. The van der Waals surface area contributed by atoms with Crippen LogP contribution in [0.1, 0.15) is 46.5 Å². The van der Waals surface area contributed by atoms with E-state index in [1.807, 2.05) is 20.8 Å². The normalized spacial score (nSPS) is 19.5. The molecule has 2 heterocycles. The summed E-state index contributed by atoms with van der Waals surface area (Å²) >= 11 is 6.04. The van der Waals surface area contributed by atoms with Crippen LogP contribution in [0.4, 0.5) is 9.59 Å². The van der Waals surface area contributed by atoms with Gasteiger partial charge in [0.25, 0.3) is 0 Å². The first kappa shape index (κ1) is 26.5. The maximum atomic E-state index is 13.2. The standard InChI is InChI=1S/C26H34ClN3O5S/c1-26(2,3)35-25(32)29-13-10-21(11-14-29)28-24(31)30-12-4-5-22(30)17-36(33,34)23-9-7-18-15-20(27)8-6-19(18)16-23/h6-9,15-16,21-22H,4-5,10-14,17H2,1-3H3,(H,28,31)/t22-/m0/s1. The van der Waals surface area contributed by atoms with E-state index in [2.05, 4.69) is 5.32 Å². The zero-order valence-corrected chi connectivity index (χ0v) is 22.6. The van der Waals surface area contributed by atoms with Crippen molar-refractivity contribution in [3.05, 3.63) is 41.4 Å². The van der Waals surface area contributed by atoms with Gasteiger partial charge in [0.05, 0.1) is 10.6 Å². The Labute approximate surface area is 217 Å². The van der Waals surface area contributed by atoms with E-state index in [1.165, 1.54) is 0 Å². The fourth-order valence-corrected chi connectivity index (χ4v) is 6.61. The van der Waals surface area contributed by atoms with Crippen LogP contribution in [0.25, 0.3) is 10.8 Å². The van der Waals surface area contributed by atoms with Crippen LogP contribution in [-0.4, -0.2) is 73.4 Å². The van der Waals surface area contributed by atoms with E-state index < -0.39 is 15.4 Å². The Morgan fingerprint density at radius 2 is 1.69 bits per heavy atom. The number of hydrogen-bond acceptors (Lipinski definition) is 5. The first-order valence-electron chi connectivity index (χ1n) is 12.4. The van der Waals surface area contributed by atoms with Gasteiger partial charge in [0.2, 0.25) is 0 Å². The number of urea groups is 1. The number of likely N-dealkylation sites (tertiary alicyclic amines) is 2. The number of rotatable bonds is 4. The molecule has 3 amide bonds. The summed E-state index contributed by atoms with van der Waals surface area (Å²) in [4.78, 5) is 28.9. The monoisotopic (exact) mass is 535 g/mol. The molecule has 0 bridgehead atoms. The molecule has 2 aliphatic rings. The molecule has 1 atom stereocenters. The first-order chi connectivity index (χ1) is 16.9. The van der Waals surface area contributed by atoms with E-state index in [-0.39, 0.29) is 34.9 Å². The maximum absolute atomic E-state index is 13.2. The smallest absolute Gasteiger partial charge is 0.410 e. The van der Waals surface area contributed by atoms with Crippen LogP contribution < -0.4 is 5.32 Å². The maximum Gasteiger partial charge on any atom is 0.410 e. The molecular weight excluding hydrogens is 502 g/mol. The van der Waals surface area contributed by atoms with Gasteiger partial charge >= 0.3 is 12.1 Å². The Hall–Kier alpha value is -2.52. The number of amides is 3. The van der Waals surface area contributed by atoms with Crippen molar-refractivity contribution in [2.75, 3.05) is 25.4 Å². The summed E-state index contributed by atoms with van der Waals surface area (Å²) in [5.41, 5.74) is -0.548. The van der Waals surface area contributed by atoms with E-state index in [4.69, 9.17) is 16.3 Å². The molecule has 8 nitrogen and oxygen atoms in total. The minimum absolute atomic E-state index is 0.0682. The van der Waals surface area contributed by atoms with E-state index in [0.717, 1.165) is 17.2 Å². The lowest BCUT2D eigenvalue weighted by Crippen LogP contribution is -2.52. The van der Waals surface area contributed by atoms with Gasteiger partial charge in [0.15, 0.2) is 9.84 Å². The number of fused-ring (bicyclic) bond motifs is 1. The van der Waals surface area contributed by atoms with Crippen LogP contribution >= 0.6 is 11.6 Å². The zero-order valence-electron chi connectivity index (χ0n) is 21.0. The molecule has 0 aromatic heterocycles. The molecule has 36 heavy (non-hydrogen) atoms. The van der Waals surface area contributed by atoms with Crippen molar-refractivity contribution in [1.82, 2.24) is 15.1 Å². The van der Waals surface area contributed by atoms with Gasteiger partial charge in [-0.2, -0.15) is 0 Å². The number of nitrogens with zero attached hydrogens (tertiary/aromatic N) is 2. The highest BCUT2D eigenvalue weighted by Crippen LogP contribution is 2.26. The van der Waals surface area contributed by atoms with Crippen molar-refractivity contribution in [2.45, 2.75) is 69.0 Å². The number of ether oxygens (including phenoxy) is 1. The predicted molar refractivity (Wildman–Crippen MR) is 140 cm³/mol. The SMILES string of the molecule is CC(C)(C)OC(=O)N1CCC(NC(=O)N2CCC[C@H]2CS(=O)(=O)c2ccc3cc(Cl)ccc3c2)CC1. The molecule has 2 saturated heterocycles. The van der Waals surface area contributed by atoms with Gasteiger partial charge in [0, 0.05) is 36.7 Å². The van der Waals surface area contributed by atoms with Gasteiger partial charge in [-0.05, 0) is 81.5 Å². The molecule has 2 aromatic rings. The number of carbonyl (C=O) groups excluding carboxylic acids is 2. The van der Waals surface area contributed by atoms with Crippen molar-refractivity contribution in [3.8, 4) is 0 Å². The molecular formula is C26H34ClN3O5S. The second-order valence-electron chi connectivity index (χ2n) is 10.6. The highest BCUT2D eigenvalue weighted by molar-refractivity contribution is 7.91. The number of halogens is 1. The van der Waals surface area contributed by atoms with Crippen LogP contribution in [0.15, 0.2) is 41.3 Å². The summed E-state index contributed by atoms with van der Waals surface area (Å²) in [5, 5.41) is 5.33. The topological polar surface area (TPSA) is 96.0 Å². The molecule has 4 rings (SSSR count). The van der Waals surface area contributed by atoms with Crippen molar-refractivity contribution in [2.24, 2.45) is 0 Å². The lowest BCUT2D eigenvalue weighted by Gasteiger charge is -2.35. The molecule has 1 N–H and O–H groups in total. The summed E-state index contributed by atoms with van der Waals surface area (Å²) in [7, 11) is -3.59. The van der Waals surface area contributed by atoms with Gasteiger partial charge in [-0.3, -0.25) is 0 Å². The number of hydrogen-bond donors (Lipinski definition) is 1. The minimum atomic E-state index is -3.59. The van der Waals surface area contributed by atoms with E-state index in [1.54, 1.807) is 46.2 Å². The van der Waals surface area contributed by atoms with Gasteiger partial charge in [-0.25, -0.2) is 18.0 Å². The minimum Gasteiger partial charge on any atom is -0.444 e. The van der Waals surface area contributed by atoms with Crippen LogP contribution in [-0.2, 0) is 14.6 Å². The number of piperidine rings is 1. The molecule has 10 heteroatoms. The van der Waals surface area contributed by atoms with E-state index in [0.29, 0.717) is 43.9 Å². The number of benzene rings is 2. The molecule has 196 valence electrons. The molecule has 2 aromatic carbocycles. The van der Waals surface area contributed by atoms with Crippen molar-refractivity contribution >= 4 is 44.3 Å². The van der Waals surface area contributed by atoms with E-state index in [9.17, 15) is 18.0 Å². The average molecular weight is 536 g/mol. The zero-order chi connectivity index (χ0) is 26.1. The fraction of sp³-hybridized carbons (Fsp3) is 0.538. The second kappa shape index (κ2) is 10.5. The third-order valence-electron chi connectivity index (χ3n) is 6.66. The highest BCUT2D eigenvalue weighted by Gasteiger charge is 2.35. The molecule has 2 aliphatic heterocycles. The largest absolute Gasteiger partial charge is 0.444 e. The third kappa shape index (κ3) is 6.42. The van der Waals surface area contributed by atoms with Crippen LogP contribution in [0.2, 0.25) is 5.02 Å². The van der Waals surface area contributed by atoms with Gasteiger partial charge < -0.3 is 19.9 Å². The van der Waals surface area contributed by atoms with Crippen molar-refractivity contribution in [1.29, 1.82) is 0 Å². The summed E-state index contributed by atoms with van der Waals surface area (Å²) in [6.45, 7) is 7.04. The Morgan fingerprint density at radius 3 is 2.39 bits per heavy atom. The Morgan fingerprint density at radius 1 is 1.03 bits per heavy atom. The van der Waals surface area contributed by atoms with Crippen molar-refractivity contribution in [3.63, 3.8) is 0 Å². The summed E-state index contributed by atoms with van der Waals surface area (Å²) < 4.78 is 31.9. The van der Waals surface area contributed by atoms with E-state index >= 15 is 0 Å². The van der Waals surface area contributed by atoms with Crippen LogP contribution in [0, 0.1) is 0 Å². The molecule has 0 unspecified atom stereocenters. The van der Waals surface area contributed by atoms with Gasteiger partial charge in [-0.1, -0.05) is 23.7 Å². The molecule has 0 spiro atoms. The number of nitrogens with one attached hydrogen (secondary N) is 1. The number of sulfone groups is 1. The highest BCUT2D eigenvalue weighted by atomic mass is 35.5. The fourth-order valence-electron chi connectivity index (χ4n) is 4.80. The van der Waals surface area contributed by atoms with Crippen LogP contribution in [0.3, 0.4) is 0 Å². The predicted octanol–water partition coefficient (Wildman–Crippen LogP) is 4.84. The first-order valence-corrected chi connectivity index (χ1v) is 14.4. The summed E-state index contributed by atoms with van der Waals surface area (Å²) in [5.74, 6) is -0.114. The van der Waals surface area contributed by atoms with Crippen LogP contribution in [0.5, 0.6) is 0 Å². The Kier molecular flexibility index (Phi) is 7.71. The lowest BCUT2D eigenvalue weighted by molar-refractivity contribution is 0.0200. The van der Waals surface area contributed by atoms with Crippen molar-refractivity contribution < 1.29 is 22.7 Å². The van der Waals surface area contributed by atoms with Gasteiger partial charge in [-0.15, -0.1) is 0 Å². The third-order valence-corrected chi connectivity index (χ3v) is 8.69. The Balaban J connectivity index is 1.34. The number of carbonyl (C=O) groups is 2. The summed E-state index contributed by atoms with van der Waals surface area (Å²) in [6, 6.07) is 9.69.